The van der Waals surface area contributed by atoms with Gasteiger partial charge in [-0.2, -0.15) is 0 Å². The van der Waals surface area contributed by atoms with Crippen LogP contribution >= 0.6 is 0 Å². The Morgan fingerprint density at radius 2 is 1.43 bits per heavy atom. The molecule has 0 spiro atoms. The molecule has 13 heteroatoms. The smallest absolute Gasteiger partial charge is 0.264 e. The van der Waals surface area contributed by atoms with Crippen LogP contribution in [0.15, 0.2) is 94.7 Å². The summed E-state index contributed by atoms with van der Waals surface area (Å²) >= 11 is 0. The number of carbonyl (C=O) groups is 1. The highest BCUT2D eigenvalue weighted by Crippen LogP contribution is 2.32. The van der Waals surface area contributed by atoms with Crippen LogP contribution in [-0.4, -0.2) is 46.4 Å². The molecule has 1 aromatic heterocycles. The number of hydrogen-bond acceptors (Lipinski definition) is 8. The maximum atomic E-state index is 13.5. The van der Waals surface area contributed by atoms with Crippen molar-refractivity contribution in [3.63, 3.8) is 0 Å². The summed E-state index contributed by atoms with van der Waals surface area (Å²) in [6, 6.07) is 21.3. The summed E-state index contributed by atoms with van der Waals surface area (Å²) in [5.41, 5.74) is 1.67. The molecule has 0 aliphatic rings. The molecule has 11 nitrogen and oxygen atoms in total. The zero-order chi connectivity index (χ0) is 28.9. The predicted octanol–water partition coefficient (Wildman–Crippen LogP) is 3.74. The molecular formula is C27H27N5O6S2. The zero-order valence-electron chi connectivity index (χ0n) is 21.9. The van der Waals surface area contributed by atoms with E-state index in [1.54, 1.807) is 62.4 Å². The summed E-state index contributed by atoms with van der Waals surface area (Å²) in [7, 11) is -6.73. The molecule has 0 unspecified atom stereocenters. The Kier molecular flexibility index (Phi) is 8.35. The molecular weight excluding hydrogens is 554 g/mol. The predicted molar refractivity (Wildman–Crippen MR) is 151 cm³/mol. The average Bonchev–Trinajstić information content (AvgIpc) is 2.91. The Morgan fingerprint density at radius 1 is 0.825 bits per heavy atom. The highest BCUT2D eigenvalue weighted by molar-refractivity contribution is 7.93. The monoisotopic (exact) mass is 581 g/mol. The number of aromatic nitrogens is 2. The van der Waals surface area contributed by atoms with Gasteiger partial charge in [-0.3, -0.25) is 9.10 Å². The molecule has 0 radical (unpaired) electrons. The molecule has 0 aliphatic carbocycles. The third-order valence-electron chi connectivity index (χ3n) is 5.63. The van der Waals surface area contributed by atoms with Crippen LogP contribution in [0.1, 0.15) is 11.4 Å². The van der Waals surface area contributed by atoms with Crippen molar-refractivity contribution in [2.24, 2.45) is 0 Å². The highest BCUT2D eigenvalue weighted by Gasteiger charge is 2.29. The van der Waals surface area contributed by atoms with E-state index in [1.807, 2.05) is 0 Å². The summed E-state index contributed by atoms with van der Waals surface area (Å²) < 4.78 is 61.3. The Morgan fingerprint density at radius 3 is 2.05 bits per heavy atom. The maximum absolute atomic E-state index is 13.5. The number of sulfonamides is 2. The van der Waals surface area contributed by atoms with Crippen molar-refractivity contribution in [3.05, 3.63) is 96.3 Å². The van der Waals surface area contributed by atoms with Gasteiger partial charge in [0.1, 0.15) is 12.3 Å². The molecule has 0 bridgehead atoms. The first-order valence-corrected chi connectivity index (χ1v) is 14.9. The van der Waals surface area contributed by atoms with Gasteiger partial charge in [0.2, 0.25) is 11.9 Å². The van der Waals surface area contributed by atoms with Crippen LogP contribution in [0.2, 0.25) is 0 Å². The fourth-order valence-corrected chi connectivity index (χ4v) is 6.25. The lowest BCUT2D eigenvalue weighted by atomic mass is 10.3. The Hall–Kier alpha value is -4.49. The summed E-state index contributed by atoms with van der Waals surface area (Å²) in [4.78, 5) is 21.2. The number of nitrogens with zero attached hydrogens (tertiary/aromatic N) is 3. The van der Waals surface area contributed by atoms with E-state index in [4.69, 9.17) is 4.74 Å². The molecule has 0 aliphatic heterocycles. The molecule has 4 aromatic rings. The van der Waals surface area contributed by atoms with Crippen molar-refractivity contribution in [1.29, 1.82) is 0 Å². The molecule has 4 rings (SSSR count). The third-order valence-corrected chi connectivity index (χ3v) is 8.75. The zero-order valence-corrected chi connectivity index (χ0v) is 23.5. The van der Waals surface area contributed by atoms with Gasteiger partial charge in [-0.15, -0.1) is 0 Å². The van der Waals surface area contributed by atoms with E-state index in [2.05, 4.69) is 20.0 Å². The molecule has 2 N–H and O–H groups in total. The van der Waals surface area contributed by atoms with E-state index in [0.29, 0.717) is 11.4 Å². The molecule has 1 amide bonds. The van der Waals surface area contributed by atoms with Crippen molar-refractivity contribution in [2.75, 3.05) is 28.0 Å². The normalized spacial score (nSPS) is 11.5. The van der Waals surface area contributed by atoms with Crippen molar-refractivity contribution in [1.82, 2.24) is 9.97 Å². The number of methoxy groups -OCH3 is 1. The molecule has 3 aromatic carbocycles. The lowest BCUT2D eigenvalue weighted by Crippen LogP contribution is -2.38. The summed E-state index contributed by atoms with van der Waals surface area (Å²) in [5, 5.41) is 2.62. The van der Waals surface area contributed by atoms with Gasteiger partial charge < -0.3 is 10.1 Å². The highest BCUT2D eigenvalue weighted by atomic mass is 32.2. The lowest BCUT2D eigenvalue weighted by molar-refractivity contribution is -0.114. The van der Waals surface area contributed by atoms with E-state index < -0.39 is 32.5 Å². The van der Waals surface area contributed by atoms with Gasteiger partial charge in [0, 0.05) is 17.1 Å². The Labute approximate surface area is 233 Å². The van der Waals surface area contributed by atoms with Crippen LogP contribution in [0, 0.1) is 13.8 Å². The second-order valence-electron chi connectivity index (χ2n) is 8.65. The molecule has 0 saturated carbocycles. The quantitative estimate of drug-likeness (QED) is 0.288. The summed E-state index contributed by atoms with van der Waals surface area (Å²) in [6.45, 7) is 2.89. The minimum absolute atomic E-state index is 0.00329. The van der Waals surface area contributed by atoms with Gasteiger partial charge in [-0.1, -0.05) is 30.3 Å². The second kappa shape index (κ2) is 11.7. The standard InChI is InChI=1S/C27H27N5O6S2/c1-19-17-20(2)29-27(28-19)31-39(34,35)22-15-13-21(14-16-22)30-26(33)18-32(24-11-7-8-12-25(24)38-3)40(36,37)23-9-5-4-6-10-23/h4-17H,18H2,1-3H3,(H,30,33)(H,28,29,31). The number of hydrogen-bond donors (Lipinski definition) is 2. The molecule has 0 atom stereocenters. The van der Waals surface area contributed by atoms with Gasteiger partial charge >= 0.3 is 0 Å². The molecule has 1 heterocycles. The summed E-state index contributed by atoms with van der Waals surface area (Å²) in [5.74, 6) is -0.432. The van der Waals surface area contributed by atoms with Crippen LogP contribution < -0.4 is 19.1 Å². The summed E-state index contributed by atoms with van der Waals surface area (Å²) in [6.07, 6.45) is 0. The first kappa shape index (κ1) is 28.5. The van der Waals surface area contributed by atoms with Gasteiger partial charge in [-0.25, -0.2) is 31.5 Å². The number of para-hydroxylation sites is 2. The van der Waals surface area contributed by atoms with Crippen molar-refractivity contribution in [3.8, 4) is 5.75 Å². The molecule has 40 heavy (non-hydrogen) atoms. The number of benzene rings is 3. The SMILES string of the molecule is COc1ccccc1N(CC(=O)Nc1ccc(S(=O)(=O)Nc2nc(C)cc(C)n2)cc1)S(=O)(=O)c1ccccc1. The minimum atomic E-state index is -4.14. The van der Waals surface area contributed by atoms with E-state index in [0.717, 1.165) is 4.31 Å². The largest absolute Gasteiger partial charge is 0.495 e. The van der Waals surface area contributed by atoms with Crippen LogP contribution in [0.25, 0.3) is 0 Å². The number of rotatable bonds is 10. The molecule has 208 valence electrons. The number of anilines is 3. The van der Waals surface area contributed by atoms with E-state index >= 15 is 0 Å². The number of ether oxygens (including phenoxy) is 1. The minimum Gasteiger partial charge on any atom is -0.495 e. The van der Waals surface area contributed by atoms with Crippen LogP contribution in [0.5, 0.6) is 5.75 Å². The fraction of sp³-hybridized carbons (Fsp3) is 0.148. The number of carbonyl (C=O) groups excluding carboxylic acids is 1. The Balaban J connectivity index is 1.55. The van der Waals surface area contributed by atoms with Gasteiger partial charge in [0.05, 0.1) is 22.6 Å². The lowest BCUT2D eigenvalue weighted by Gasteiger charge is -2.25. The first-order valence-electron chi connectivity index (χ1n) is 12.0. The molecule has 0 saturated heterocycles. The van der Waals surface area contributed by atoms with Gasteiger partial charge in [0.25, 0.3) is 20.0 Å². The van der Waals surface area contributed by atoms with Crippen molar-refractivity contribution in [2.45, 2.75) is 23.6 Å². The van der Waals surface area contributed by atoms with Crippen LogP contribution in [0.3, 0.4) is 0 Å². The fourth-order valence-electron chi connectivity index (χ4n) is 3.85. The van der Waals surface area contributed by atoms with Gasteiger partial charge in [-0.05, 0) is 68.4 Å². The van der Waals surface area contributed by atoms with E-state index in [1.165, 1.54) is 43.5 Å². The maximum Gasteiger partial charge on any atom is 0.264 e. The van der Waals surface area contributed by atoms with Crippen LogP contribution in [-0.2, 0) is 24.8 Å². The molecule has 0 fully saturated rings. The topological polar surface area (TPSA) is 148 Å². The number of nitrogens with one attached hydrogen (secondary N) is 2. The van der Waals surface area contributed by atoms with Crippen molar-refractivity contribution >= 4 is 43.3 Å². The van der Waals surface area contributed by atoms with E-state index in [9.17, 15) is 21.6 Å². The third kappa shape index (κ3) is 6.55. The number of aryl methyl sites for hydroxylation is 2. The number of amides is 1. The first-order chi connectivity index (χ1) is 19.0. The van der Waals surface area contributed by atoms with Gasteiger partial charge in [0.15, 0.2) is 0 Å². The van der Waals surface area contributed by atoms with Crippen molar-refractivity contribution < 1.29 is 26.4 Å². The average molecular weight is 582 g/mol. The van der Waals surface area contributed by atoms with Crippen LogP contribution in [0.4, 0.5) is 17.3 Å². The second-order valence-corrected chi connectivity index (χ2v) is 12.2. The van der Waals surface area contributed by atoms with E-state index in [-0.39, 0.29) is 32.9 Å². The Bertz CT molecular complexity index is 1710.